The normalized spacial score (nSPS) is 23.6. The summed E-state index contributed by atoms with van der Waals surface area (Å²) >= 11 is 7.01. The van der Waals surface area contributed by atoms with E-state index in [1.165, 1.54) is 25.1 Å². The molecule has 0 fully saturated rings. The highest BCUT2D eigenvalue weighted by Gasteiger charge is 2.53. The van der Waals surface area contributed by atoms with Gasteiger partial charge >= 0.3 is 0 Å². The number of nitrogens with zero attached hydrogens (tertiary/aromatic N) is 2. The van der Waals surface area contributed by atoms with Gasteiger partial charge in [0.25, 0.3) is 11.6 Å². The Morgan fingerprint density at radius 1 is 0.880 bits per heavy atom. The predicted octanol–water partition coefficient (Wildman–Crippen LogP) is 4.86. The lowest BCUT2D eigenvalue weighted by Gasteiger charge is -2.29. The van der Waals surface area contributed by atoms with Crippen LogP contribution < -0.4 is 4.90 Å². The van der Waals surface area contributed by atoms with E-state index in [1.807, 2.05) is 36.4 Å². The van der Waals surface area contributed by atoms with Gasteiger partial charge in [-0.2, -0.15) is 4.90 Å². The van der Waals surface area contributed by atoms with Crippen molar-refractivity contribution in [2.45, 2.75) is 31.4 Å². The topological polar surface area (TPSA) is 26.5 Å². The molecule has 130 valence electrons. The van der Waals surface area contributed by atoms with E-state index in [2.05, 4.69) is 53.5 Å². The van der Waals surface area contributed by atoms with Crippen LogP contribution in [-0.4, -0.2) is 28.6 Å². The van der Waals surface area contributed by atoms with Crippen molar-refractivity contribution in [3.05, 3.63) is 63.0 Å². The molecule has 0 spiro atoms. The molecule has 2 aromatic carbocycles. The highest BCUT2D eigenvalue weighted by Crippen LogP contribution is 2.38. The van der Waals surface area contributed by atoms with Crippen molar-refractivity contribution in [2.75, 3.05) is 18.0 Å². The Hall–Kier alpha value is -1.17. The Morgan fingerprint density at radius 2 is 1.52 bits per heavy atom. The molecule has 0 amide bonds. The second-order valence-electron chi connectivity index (χ2n) is 6.78. The summed E-state index contributed by atoms with van der Waals surface area (Å²) in [7, 11) is 0. The molecule has 0 bridgehead atoms. The zero-order chi connectivity index (χ0) is 17.4. The number of rotatable bonds is 2. The molecule has 1 N–H and O–H groups in total. The minimum atomic E-state index is -1.04. The summed E-state index contributed by atoms with van der Waals surface area (Å²) < 4.78 is 4.44. The van der Waals surface area contributed by atoms with Crippen molar-refractivity contribution in [2.24, 2.45) is 0 Å². The first-order valence-corrected chi connectivity index (χ1v) is 10.3. The summed E-state index contributed by atoms with van der Waals surface area (Å²) in [5.41, 5.74) is 0.925. The SMILES string of the molecule is O[C@]1(c2ccc(Br)cc2)C[N+]2=C(CCCCC2)N1c1ccc(Br)cc1. The van der Waals surface area contributed by atoms with E-state index >= 15 is 0 Å². The van der Waals surface area contributed by atoms with E-state index in [0.717, 1.165) is 33.2 Å². The summed E-state index contributed by atoms with van der Waals surface area (Å²) in [4.78, 5) is 2.15. The molecule has 0 radical (unpaired) electrons. The Morgan fingerprint density at radius 3 is 2.20 bits per heavy atom. The summed E-state index contributed by atoms with van der Waals surface area (Å²) in [5, 5.41) is 11.8. The van der Waals surface area contributed by atoms with Gasteiger partial charge < -0.3 is 5.11 Å². The van der Waals surface area contributed by atoms with Gasteiger partial charge in [-0.3, -0.25) is 4.58 Å². The van der Waals surface area contributed by atoms with E-state index in [0.29, 0.717) is 6.54 Å². The first-order valence-electron chi connectivity index (χ1n) is 8.73. The lowest BCUT2D eigenvalue weighted by molar-refractivity contribution is -0.534. The lowest BCUT2D eigenvalue weighted by atomic mass is 10.00. The number of benzene rings is 2. The monoisotopic (exact) mass is 463 g/mol. The number of halogens is 2. The quantitative estimate of drug-likeness (QED) is 0.642. The Kier molecular flexibility index (Phi) is 4.73. The van der Waals surface area contributed by atoms with Crippen LogP contribution in [-0.2, 0) is 5.72 Å². The maximum Gasteiger partial charge on any atom is 0.275 e. The number of hydrogen-bond donors (Lipinski definition) is 1. The van der Waals surface area contributed by atoms with Crippen molar-refractivity contribution < 1.29 is 9.68 Å². The standard InChI is InChI=1S/C20H21Br2N2O/c21-16-7-5-15(6-8-16)20(25)14-23-13-3-1-2-4-19(23)24(20)18-11-9-17(22)10-12-18/h5-12,25H,1-4,13-14H2/q+1/t20-/m0/s1. The highest BCUT2D eigenvalue weighted by atomic mass is 79.9. The average molecular weight is 465 g/mol. The van der Waals surface area contributed by atoms with Crippen LogP contribution in [0.1, 0.15) is 31.2 Å². The Balaban J connectivity index is 1.83. The third kappa shape index (κ3) is 3.18. The molecule has 2 aliphatic heterocycles. The molecule has 1 atom stereocenters. The highest BCUT2D eigenvalue weighted by molar-refractivity contribution is 9.10. The molecule has 2 heterocycles. The molecule has 2 aromatic rings. The number of hydrogen-bond acceptors (Lipinski definition) is 2. The number of anilines is 1. The van der Waals surface area contributed by atoms with Crippen LogP contribution in [0, 0.1) is 0 Å². The Labute approximate surface area is 165 Å². The van der Waals surface area contributed by atoms with Crippen molar-refractivity contribution >= 4 is 43.4 Å². The smallest absolute Gasteiger partial charge is 0.275 e. The zero-order valence-electron chi connectivity index (χ0n) is 14.0. The van der Waals surface area contributed by atoms with E-state index in [9.17, 15) is 5.11 Å². The molecular weight excluding hydrogens is 444 g/mol. The van der Waals surface area contributed by atoms with Crippen molar-refractivity contribution in [3.63, 3.8) is 0 Å². The van der Waals surface area contributed by atoms with Crippen LogP contribution in [0.25, 0.3) is 0 Å². The minimum absolute atomic E-state index is 0.611. The fourth-order valence-electron chi connectivity index (χ4n) is 3.91. The van der Waals surface area contributed by atoms with Gasteiger partial charge in [-0.25, -0.2) is 0 Å². The average Bonchev–Trinajstić information content (AvgIpc) is 2.74. The van der Waals surface area contributed by atoms with Crippen LogP contribution in [0.5, 0.6) is 0 Å². The van der Waals surface area contributed by atoms with Gasteiger partial charge in [0.2, 0.25) is 0 Å². The summed E-state index contributed by atoms with van der Waals surface area (Å²) in [6.45, 7) is 1.63. The van der Waals surface area contributed by atoms with Crippen molar-refractivity contribution in [1.29, 1.82) is 0 Å². The van der Waals surface area contributed by atoms with Gasteiger partial charge in [0, 0.05) is 20.9 Å². The number of aliphatic hydroxyl groups is 1. The van der Waals surface area contributed by atoms with Gasteiger partial charge in [0.1, 0.15) is 5.69 Å². The first kappa shape index (κ1) is 17.3. The van der Waals surface area contributed by atoms with E-state index in [-0.39, 0.29) is 0 Å². The molecule has 3 nitrogen and oxygen atoms in total. The molecule has 25 heavy (non-hydrogen) atoms. The third-order valence-corrected chi connectivity index (χ3v) is 6.18. The Bertz CT molecular complexity index is 801. The molecule has 4 rings (SSSR count). The van der Waals surface area contributed by atoms with E-state index in [1.54, 1.807) is 0 Å². The van der Waals surface area contributed by atoms with E-state index in [4.69, 9.17) is 0 Å². The van der Waals surface area contributed by atoms with Crippen LogP contribution in [0.3, 0.4) is 0 Å². The molecule has 0 aliphatic carbocycles. The molecular formula is C20H21Br2N2O+. The molecule has 2 aliphatic rings. The predicted molar refractivity (Wildman–Crippen MR) is 108 cm³/mol. The lowest BCUT2D eigenvalue weighted by Crippen LogP contribution is -2.47. The van der Waals surface area contributed by atoms with Gasteiger partial charge in [-0.1, -0.05) is 44.0 Å². The van der Waals surface area contributed by atoms with E-state index < -0.39 is 5.72 Å². The van der Waals surface area contributed by atoms with Gasteiger partial charge in [-0.15, -0.1) is 0 Å². The molecule has 0 saturated carbocycles. The second-order valence-corrected chi connectivity index (χ2v) is 8.62. The maximum absolute atomic E-state index is 11.8. The maximum atomic E-state index is 11.8. The number of amidine groups is 1. The summed E-state index contributed by atoms with van der Waals surface area (Å²) in [5.74, 6) is 1.24. The molecule has 0 unspecified atom stereocenters. The molecule has 0 aromatic heterocycles. The van der Waals surface area contributed by atoms with Crippen LogP contribution in [0.2, 0.25) is 0 Å². The van der Waals surface area contributed by atoms with Gasteiger partial charge in [0.05, 0.1) is 6.54 Å². The zero-order valence-corrected chi connectivity index (χ0v) is 17.1. The van der Waals surface area contributed by atoms with Gasteiger partial charge in [0.15, 0.2) is 6.54 Å². The van der Waals surface area contributed by atoms with Crippen LogP contribution in [0.15, 0.2) is 57.5 Å². The third-order valence-electron chi connectivity index (χ3n) is 5.12. The largest absolute Gasteiger partial charge is 0.346 e. The van der Waals surface area contributed by atoms with Gasteiger partial charge in [-0.05, 0) is 55.7 Å². The summed E-state index contributed by atoms with van der Waals surface area (Å²) in [6.07, 6.45) is 4.63. The molecule has 0 saturated heterocycles. The summed E-state index contributed by atoms with van der Waals surface area (Å²) in [6, 6.07) is 16.3. The van der Waals surface area contributed by atoms with Crippen LogP contribution >= 0.6 is 31.9 Å². The van der Waals surface area contributed by atoms with Crippen LogP contribution in [0.4, 0.5) is 5.69 Å². The van der Waals surface area contributed by atoms with Crippen molar-refractivity contribution in [1.82, 2.24) is 0 Å². The van der Waals surface area contributed by atoms with Crippen molar-refractivity contribution in [3.8, 4) is 0 Å². The fraction of sp³-hybridized carbons (Fsp3) is 0.350. The minimum Gasteiger partial charge on any atom is -0.346 e. The molecule has 5 heteroatoms. The first-order chi connectivity index (χ1) is 12.1. The second kappa shape index (κ2) is 6.86. The fourth-order valence-corrected chi connectivity index (χ4v) is 4.44.